The van der Waals surface area contributed by atoms with E-state index in [-0.39, 0.29) is 6.04 Å². The van der Waals surface area contributed by atoms with Crippen molar-refractivity contribution in [2.75, 3.05) is 0 Å². The number of nitrogens with two attached hydrogens (primary N) is 1. The van der Waals surface area contributed by atoms with E-state index in [0.29, 0.717) is 0 Å². The van der Waals surface area contributed by atoms with Gasteiger partial charge in [-0.3, -0.25) is 0 Å². The summed E-state index contributed by atoms with van der Waals surface area (Å²) in [4.78, 5) is 0. The normalized spacial score (nSPS) is 12.4. The van der Waals surface area contributed by atoms with E-state index in [1.165, 1.54) is 5.56 Å². The minimum Gasteiger partial charge on any atom is -0.324 e. The highest BCUT2D eigenvalue weighted by molar-refractivity contribution is 9.10. The highest BCUT2D eigenvalue weighted by Gasteiger charge is 2.12. The lowest BCUT2D eigenvalue weighted by Gasteiger charge is -2.15. The Morgan fingerprint density at radius 2 is 1.94 bits per heavy atom. The first-order valence-corrected chi connectivity index (χ1v) is 7.00. The quantitative estimate of drug-likeness (QED) is 0.873. The molecule has 0 aromatic heterocycles. The predicted octanol–water partition coefficient (Wildman–Crippen LogP) is 4.65. The lowest BCUT2D eigenvalue weighted by molar-refractivity contribution is 0.721. The Kier molecular flexibility index (Phi) is 4.44. The van der Waals surface area contributed by atoms with Crippen molar-refractivity contribution in [1.29, 1.82) is 0 Å². The van der Waals surface area contributed by atoms with Crippen molar-refractivity contribution in [3.8, 4) is 0 Å². The lowest BCUT2D eigenvalue weighted by Crippen LogP contribution is -2.14. The highest BCUT2D eigenvalue weighted by Crippen LogP contribution is 2.27. The Balaban J connectivity index is 2.22. The van der Waals surface area contributed by atoms with Gasteiger partial charge in [0.25, 0.3) is 0 Å². The monoisotopic (exact) mass is 323 g/mol. The van der Waals surface area contributed by atoms with Crippen LogP contribution in [0.5, 0.6) is 0 Å². The molecule has 3 heteroatoms. The second kappa shape index (κ2) is 5.87. The fraction of sp³-hybridized carbons (Fsp3) is 0.200. The van der Waals surface area contributed by atoms with Gasteiger partial charge in [-0.2, -0.15) is 0 Å². The molecule has 0 radical (unpaired) electrons. The van der Waals surface area contributed by atoms with Crippen LogP contribution in [-0.4, -0.2) is 0 Å². The molecule has 0 heterocycles. The van der Waals surface area contributed by atoms with Crippen LogP contribution in [-0.2, 0) is 6.42 Å². The third-order valence-corrected chi connectivity index (χ3v) is 3.98. The Hall–Kier alpha value is -0.830. The smallest absolute Gasteiger partial charge is 0.0483 e. The van der Waals surface area contributed by atoms with Gasteiger partial charge in [-0.25, -0.2) is 0 Å². The molecule has 1 atom stereocenters. The minimum atomic E-state index is -0.0771. The van der Waals surface area contributed by atoms with Crippen molar-refractivity contribution in [2.45, 2.75) is 19.4 Å². The van der Waals surface area contributed by atoms with E-state index in [4.69, 9.17) is 17.3 Å². The van der Waals surface area contributed by atoms with Gasteiger partial charge < -0.3 is 5.73 Å². The van der Waals surface area contributed by atoms with E-state index >= 15 is 0 Å². The van der Waals surface area contributed by atoms with Crippen molar-refractivity contribution in [3.05, 3.63) is 68.7 Å². The van der Waals surface area contributed by atoms with Gasteiger partial charge in [0.1, 0.15) is 0 Å². The van der Waals surface area contributed by atoms with Crippen LogP contribution in [0.1, 0.15) is 22.7 Å². The maximum absolute atomic E-state index is 6.30. The number of hydrogen-bond donors (Lipinski definition) is 1. The molecule has 0 spiro atoms. The van der Waals surface area contributed by atoms with Gasteiger partial charge in [-0.15, -0.1) is 0 Å². The second-order valence-corrected chi connectivity index (χ2v) is 5.71. The molecule has 94 valence electrons. The molecule has 0 fully saturated rings. The van der Waals surface area contributed by atoms with E-state index in [9.17, 15) is 0 Å². The maximum atomic E-state index is 6.30. The molecule has 0 aliphatic rings. The highest BCUT2D eigenvalue weighted by atomic mass is 79.9. The molecular formula is C15H15BrClN. The van der Waals surface area contributed by atoms with Gasteiger partial charge in [0.15, 0.2) is 0 Å². The summed E-state index contributed by atoms with van der Waals surface area (Å²) in [7, 11) is 0. The molecule has 0 aliphatic carbocycles. The number of hydrogen-bond acceptors (Lipinski definition) is 1. The molecule has 2 rings (SSSR count). The zero-order chi connectivity index (χ0) is 13.1. The van der Waals surface area contributed by atoms with Crippen molar-refractivity contribution in [1.82, 2.24) is 0 Å². The first-order valence-electron chi connectivity index (χ1n) is 5.83. The van der Waals surface area contributed by atoms with Crippen molar-refractivity contribution in [2.24, 2.45) is 5.73 Å². The largest absolute Gasteiger partial charge is 0.324 e. The fourth-order valence-electron chi connectivity index (χ4n) is 1.98. The Bertz CT molecular complexity index is 554. The summed E-state index contributed by atoms with van der Waals surface area (Å²) in [6.45, 7) is 2.00. The summed E-state index contributed by atoms with van der Waals surface area (Å²) in [5.41, 5.74) is 9.53. The van der Waals surface area contributed by atoms with Crippen molar-refractivity contribution >= 4 is 27.5 Å². The minimum absolute atomic E-state index is 0.0771. The number of aryl methyl sites for hydroxylation is 1. The van der Waals surface area contributed by atoms with E-state index in [2.05, 4.69) is 28.1 Å². The molecule has 0 bridgehead atoms. The third kappa shape index (κ3) is 3.14. The summed E-state index contributed by atoms with van der Waals surface area (Å²) >= 11 is 9.76. The van der Waals surface area contributed by atoms with Crippen LogP contribution < -0.4 is 5.73 Å². The van der Waals surface area contributed by atoms with Gasteiger partial charge in [0, 0.05) is 15.5 Å². The van der Waals surface area contributed by atoms with Gasteiger partial charge >= 0.3 is 0 Å². The van der Waals surface area contributed by atoms with Gasteiger partial charge in [-0.1, -0.05) is 57.9 Å². The van der Waals surface area contributed by atoms with Crippen LogP contribution in [0.4, 0.5) is 0 Å². The third-order valence-electron chi connectivity index (χ3n) is 2.97. The molecular weight excluding hydrogens is 310 g/mol. The van der Waals surface area contributed by atoms with E-state index in [1.807, 2.05) is 37.3 Å². The Morgan fingerprint density at radius 3 is 2.67 bits per heavy atom. The summed E-state index contributed by atoms with van der Waals surface area (Å²) in [5, 5.41) is 0.778. The molecule has 18 heavy (non-hydrogen) atoms. The van der Waals surface area contributed by atoms with Crippen LogP contribution in [0, 0.1) is 6.92 Å². The average molecular weight is 325 g/mol. The van der Waals surface area contributed by atoms with Crippen molar-refractivity contribution in [3.63, 3.8) is 0 Å². The summed E-state index contributed by atoms with van der Waals surface area (Å²) < 4.78 is 1.07. The average Bonchev–Trinajstić information content (AvgIpc) is 2.32. The molecule has 0 saturated heterocycles. The van der Waals surface area contributed by atoms with Gasteiger partial charge in [0.05, 0.1) is 0 Å². The number of rotatable bonds is 3. The topological polar surface area (TPSA) is 26.0 Å². The zero-order valence-electron chi connectivity index (χ0n) is 10.2. The molecule has 0 amide bonds. The molecule has 1 nitrogen and oxygen atoms in total. The van der Waals surface area contributed by atoms with Gasteiger partial charge in [0.2, 0.25) is 0 Å². The molecule has 1 unspecified atom stereocenters. The molecule has 2 N–H and O–H groups in total. The summed E-state index contributed by atoms with van der Waals surface area (Å²) in [6, 6.07) is 14.1. The number of benzene rings is 2. The fourth-order valence-corrected chi connectivity index (χ4v) is 2.70. The zero-order valence-corrected chi connectivity index (χ0v) is 12.5. The Labute approximate surface area is 121 Å². The maximum Gasteiger partial charge on any atom is 0.0483 e. The SMILES string of the molecule is Cc1cccc(C(N)Cc2cccc(Br)c2)c1Cl. The van der Waals surface area contributed by atoms with Crippen molar-refractivity contribution < 1.29 is 0 Å². The standard InChI is InChI=1S/C15H15BrClN/c1-10-4-2-7-13(15(10)17)14(18)9-11-5-3-6-12(16)8-11/h2-8,14H,9,18H2,1H3. The first kappa shape index (κ1) is 13.6. The van der Waals surface area contributed by atoms with E-state index in [1.54, 1.807) is 0 Å². The molecule has 2 aromatic rings. The van der Waals surface area contributed by atoms with E-state index < -0.39 is 0 Å². The van der Waals surface area contributed by atoms with Crippen LogP contribution in [0.25, 0.3) is 0 Å². The van der Waals surface area contributed by atoms with Crippen LogP contribution in [0.3, 0.4) is 0 Å². The number of halogens is 2. The molecule has 0 aliphatic heterocycles. The Morgan fingerprint density at radius 1 is 1.22 bits per heavy atom. The summed E-state index contributed by atoms with van der Waals surface area (Å²) in [6.07, 6.45) is 0.780. The first-order chi connectivity index (χ1) is 8.58. The summed E-state index contributed by atoms with van der Waals surface area (Å²) in [5.74, 6) is 0. The van der Waals surface area contributed by atoms with Crippen LogP contribution >= 0.6 is 27.5 Å². The van der Waals surface area contributed by atoms with Crippen LogP contribution in [0.15, 0.2) is 46.9 Å². The predicted molar refractivity (Wildman–Crippen MR) is 81.0 cm³/mol. The second-order valence-electron chi connectivity index (χ2n) is 4.42. The van der Waals surface area contributed by atoms with Crippen LogP contribution in [0.2, 0.25) is 5.02 Å². The molecule has 0 saturated carbocycles. The lowest BCUT2D eigenvalue weighted by atomic mass is 9.98. The van der Waals surface area contributed by atoms with Gasteiger partial charge in [-0.05, 0) is 42.2 Å². The van der Waals surface area contributed by atoms with E-state index in [0.717, 1.165) is 27.0 Å². The molecule has 2 aromatic carbocycles.